The van der Waals surface area contributed by atoms with Gasteiger partial charge in [-0.1, -0.05) is 18.0 Å². The Morgan fingerprint density at radius 3 is 2.58 bits per heavy atom. The zero-order chi connectivity index (χ0) is 17.3. The first-order valence-corrected chi connectivity index (χ1v) is 8.30. The van der Waals surface area contributed by atoms with Crippen LogP contribution in [0.25, 0.3) is 0 Å². The topological polar surface area (TPSA) is 71.3 Å². The smallest absolute Gasteiger partial charge is 0.340 e. The molecule has 0 unspecified atom stereocenters. The molecule has 1 aliphatic heterocycles. The summed E-state index contributed by atoms with van der Waals surface area (Å²) >= 11 is 0. The highest BCUT2D eigenvalue weighted by atomic mass is 19.4. The minimum atomic E-state index is -4.44. The number of nitrogens with one attached hydrogen (secondary N) is 1. The fourth-order valence-corrected chi connectivity index (χ4v) is 3.70. The molecule has 3 rings (SSSR count). The van der Waals surface area contributed by atoms with E-state index in [1.165, 1.54) is 4.90 Å². The van der Waals surface area contributed by atoms with E-state index in [1.807, 2.05) is 0 Å². The van der Waals surface area contributed by atoms with Gasteiger partial charge in [0, 0.05) is 13.5 Å². The Kier molecular flexibility index (Phi) is 4.69. The maximum Gasteiger partial charge on any atom is 0.408 e. The molecule has 0 aromatic carbocycles. The van der Waals surface area contributed by atoms with E-state index in [-0.39, 0.29) is 0 Å². The minimum absolute atomic E-state index is 0.351. The highest BCUT2D eigenvalue weighted by molar-refractivity contribution is 5.75. The Labute approximate surface area is 137 Å². The largest absolute Gasteiger partial charge is 0.408 e. The zero-order valence-electron chi connectivity index (χ0n) is 13.5. The second kappa shape index (κ2) is 6.60. The summed E-state index contributed by atoms with van der Waals surface area (Å²) in [4.78, 5) is 18.0. The van der Waals surface area contributed by atoms with Crippen LogP contribution in [0.1, 0.15) is 56.3 Å². The molecule has 134 valence electrons. The van der Waals surface area contributed by atoms with Gasteiger partial charge in [-0.15, -0.1) is 0 Å². The Bertz CT molecular complexity index is 584. The molecule has 1 aromatic rings. The third kappa shape index (κ3) is 3.49. The third-order valence-corrected chi connectivity index (χ3v) is 4.86. The molecule has 2 aliphatic rings. The summed E-state index contributed by atoms with van der Waals surface area (Å²) in [6.07, 6.45) is -0.570. The predicted molar refractivity (Wildman–Crippen MR) is 78.0 cm³/mol. The summed E-state index contributed by atoms with van der Waals surface area (Å²) in [5.41, 5.74) is 0. The lowest BCUT2D eigenvalue weighted by molar-refractivity contribution is -0.165. The van der Waals surface area contributed by atoms with E-state index in [9.17, 15) is 18.0 Å². The van der Waals surface area contributed by atoms with Gasteiger partial charge in [-0.2, -0.15) is 18.2 Å². The average Bonchev–Trinajstić information content (AvgIpc) is 3.23. The lowest BCUT2D eigenvalue weighted by Gasteiger charge is -2.30. The predicted octanol–water partition coefficient (Wildman–Crippen LogP) is 3.35. The number of likely N-dealkylation sites (tertiary alicyclic amines) is 1. The van der Waals surface area contributed by atoms with Crippen molar-refractivity contribution in [2.45, 2.75) is 63.7 Å². The number of aryl methyl sites for hydroxylation is 1. The maximum absolute atomic E-state index is 13.4. The van der Waals surface area contributed by atoms with Crippen molar-refractivity contribution in [1.82, 2.24) is 20.4 Å². The van der Waals surface area contributed by atoms with Gasteiger partial charge in [0.15, 0.2) is 5.82 Å². The van der Waals surface area contributed by atoms with Crippen LogP contribution in [0.15, 0.2) is 4.52 Å². The number of carbonyl (C=O) groups excluding carboxylic acids is 1. The summed E-state index contributed by atoms with van der Waals surface area (Å²) < 4.78 is 45.0. The number of carbonyl (C=O) groups is 1. The van der Waals surface area contributed by atoms with Crippen LogP contribution < -0.4 is 5.32 Å². The number of alkyl halides is 3. The van der Waals surface area contributed by atoms with E-state index in [4.69, 9.17) is 4.52 Å². The Morgan fingerprint density at radius 2 is 2.00 bits per heavy atom. The van der Waals surface area contributed by atoms with Crippen molar-refractivity contribution in [2.24, 2.45) is 5.92 Å². The van der Waals surface area contributed by atoms with Crippen molar-refractivity contribution in [3.63, 3.8) is 0 Å². The quantitative estimate of drug-likeness (QED) is 0.911. The fourth-order valence-electron chi connectivity index (χ4n) is 3.70. The fraction of sp³-hybridized carbons (Fsp3) is 0.800. The monoisotopic (exact) mass is 346 g/mol. The molecular formula is C15H21F3N4O2. The van der Waals surface area contributed by atoms with Crippen molar-refractivity contribution < 1.29 is 22.5 Å². The van der Waals surface area contributed by atoms with Gasteiger partial charge in [0.1, 0.15) is 6.04 Å². The SMILES string of the molecule is Cc1nc([C@@H]2CCCN2C(=O)N[C@@H](C2CCCC2)C(F)(F)F)no1. The molecule has 1 aromatic heterocycles. The lowest BCUT2D eigenvalue weighted by Crippen LogP contribution is -2.53. The zero-order valence-corrected chi connectivity index (χ0v) is 13.5. The molecule has 1 aliphatic carbocycles. The van der Waals surface area contributed by atoms with Crippen LogP contribution in [0.5, 0.6) is 0 Å². The highest BCUT2D eigenvalue weighted by Gasteiger charge is 2.47. The van der Waals surface area contributed by atoms with Gasteiger partial charge in [-0.05, 0) is 31.6 Å². The molecule has 0 spiro atoms. The van der Waals surface area contributed by atoms with Crippen LogP contribution in [0.4, 0.5) is 18.0 Å². The van der Waals surface area contributed by atoms with Crippen molar-refractivity contribution in [3.05, 3.63) is 11.7 Å². The van der Waals surface area contributed by atoms with E-state index in [0.717, 1.165) is 12.8 Å². The number of aromatic nitrogens is 2. The van der Waals surface area contributed by atoms with E-state index < -0.39 is 30.2 Å². The molecule has 2 atom stereocenters. The first kappa shape index (κ1) is 17.0. The third-order valence-electron chi connectivity index (χ3n) is 4.86. The number of hydrogen-bond acceptors (Lipinski definition) is 4. The minimum Gasteiger partial charge on any atom is -0.340 e. The standard InChI is InChI=1S/C15H21F3N4O2/c1-9-19-13(21-24-9)11-7-4-8-22(11)14(23)20-12(15(16,17)18)10-5-2-3-6-10/h10-12H,2-8H2,1H3,(H,20,23)/t11-,12-/m0/s1. The van der Waals surface area contributed by atoms with E-state index in [0.29, 0.717) is 43.9 Å². The van der Waals surface area contributed by atoms with Crippen LogP contribution in [-0.2, 0) is 0 Å². The summed E-state index contributed by atoms with van der Waals surface area (Å²) in [5, 5.41) is 6.03. The summed E-state index contributed by atoms with van der Waals surface area (Å²) in [7, 11) is 0. The molecule has 1 saturated carbocycles. The molecule has 2 fully saturated rings. The van der Waals surface area contributed by atoms with Gasteiger partial charge in [0.25, 0.3) is 0 Å². The number of hydrogen-bond donors (Lipinski definition) is 1. The molecule has 24 heavy (non-hydrogen) atoms. The Balaban J connectivity index is 1.72. The van der Waals surface area contributed by atoms with Gasteiger partial charge >= 0.3 is 12.2 Å². The number of rotatable bonds is 3. The molecule has 9 heteroatoms. The molecule has 2 heterocycles. The van der Waals surface area contributed by atoms with Gasteiger partial charge in [-0.3, -0.25) is 0 Å². The van der Waals surface area contributed by atoms with Gasteiger partial charge in [0.05, 0.1) is 6.04 Å². The number of nitrogens with zero attached hydrogens (tertiary/aromatic N) is 3. The second-order valence-corrected chi connectivity index (χ2v) is 6.54. The van der Waals surface area contributed by atoms with Crippen LogP contribution >= 0.6 is 0 Å². The van der Waals surface area contributed by atoms with E-state index in [1.54, 1.807) is 6.92 Å². The number of halogens is 3. The van der Waals surface area contributed by atoms with Crippen molar-refractivity contribution >= 4 is 6.03 Å². The van der Waals surface area contributed by atoms with E-state index in [2.05, 4.69) is 15.5 Å². The molecule has 1 saturated heterocycles. The Morgan fingerprint density at radius 1 is 1.29 bits per heavy atom. The summed E-state index contributed by atoms with van der Waals surface area (Å²) in [6.45, 7) is 2.02. The van der Waals surface area contributed by atoms with E-state index >= 15 is 0 Å². The van der Waals surface area contributed by atoms with Gasteiger partial charge in [-0.25, -0.2) is 4.79 Å². The van der Waals surface area contributed by atoms with Crippen LogP contribution in [0, 0.1) is 12.8 Å². The molecular weight excluding hydrogens is 325 g/mol. The van der Waals surface area contributed by atoms with Crippen molar-refractivity contribution in [3.8, 4) is 0 Å². The van der Waals surface area contributed by atoms with Gasteiger partial charge in [0.2, 0.25) is 5.89 Å². The van der Waals surface area contributed by atoms with Crippen LogP contribution in [0.3, 0.4) is 0 Å². The molecule has 6 nitrogen and oxygen atoms in total. The van der Waals surface area contributed by atoms with Crippen molar-refractivity contribution in [1.29, 1.82) is 0 Å². The molecule has 0 bridgehead atoms. The molecule has 0 radical (unpaired) electrons. The molecule has 2 amide bonds. The highest BCUT2D eigenvalue weighted by Crippen LogP contribution is 2.36. The second-order valence-electron chi connectivity index (χ2n) is 6.54. The Hall–Kier alpha value is -1.80. The lowest BCUT2D eigenvalue weighted by atomic mass is 9.98. The summed E-state index contributed by atoms with van der Waals surface area (Å²) in [6, 6.07) is -2.92. The first-order valence-electron chi connectivity index (χ1n) is 8.30. The van der Waals surface area contributed by atoms with Crippen LogP contribution in [-0.4, -0.2) is 39.8 Å². The normalized spacial score (nSPS) is 23.7. The van der Waals surface area contributed by atoms with Crippen LogP contribution in [0.2, 0.25) is 0 Å². The molecule has 1 N–H and O–H groups in total. The van der Waals surface area contributed by atoms with Gasteiger partial charge < -0.3 is 14.7 Å². The number of urea groups is 1. The van der Waals surface area contributed by atoms with Crippen molar-refractivity contribution in [2.75, 3.05) is 6.54 Å². The number of amides is 2. The summed E-state index contributed by atoms with van der Waals surface area (Å²) in [5.74, 6) is 0.184. The first-order chi connectivity index (χ1) is 11.4. The average molecular weight is 346 g/mol. The maximum atomic E-state index is 13.4.